The minimum absolute atomic E-state index is 0. The molecule has 2 N–H and O–H groups in total. The van der Waals surface area contributed by atoms with Gasteiger partial charge in [0.15, 0.2) is 0 Å². The second-order valence-corrected chi connectivity index (χ2v) is 5.94. The van der Waals surface area contributed by atoms with Crippen molar-refractivity contribution < 1.29 is 4.79 Å². The average molecular weight is 295 g/mol. The van der Waals surface area contributed by atoms with Crippen LogP contribution in [0.2, 0.25) is 0 Å². The van der Waals surface area contributed by atoms with Gasteiger partial charge in [-0.15, -0.1) is 22.6 Å². The summed E-state index contributed by atoms with van der Waals surface area (Å²) in [6.07, 6.45) is 0.506. The summed E-state index contributed by atoms with van der Waals surface area (Å²) in [5.41, 5.74) is 0. The van der Waals surface area contributed by atoms with E-state index in [-0.39, 0.29) is 24.4 Å². The highest BCUT2D eigenvalue weighted by Crippen LogP contribution is 2.15. The molecular weight excluding hydrogens is 280 g/mol. The highest BCUT2D eigenvalue weighted by molar-refractivity contribution is 7.99. The maximum atomic E-state index is 11.7. The summed E-state index contributed by atoms with van der Waals surface area (Å²) in [7, 11) is 0. The van der Waals surface area contributed by atoms with Gasteiger partial charge in [0, 0.05) is 30.5 Å². The van der Waals surface area contributed by atoms with Gasteiger partial charge in [-0.2, -0.15) is 11.8 Å². The molecule has 1 aromatic rings. The number of nitrogens with one attached hydrogen (secondary N) is 2. The van der Waals surface area contributed by atoms with E-state index in [9.17, 15) is 4.79 Å². The van der Waals surface area contributed by atoms with Gasteiger partial charge in [-0.05, 0) is 6.92 Å². The Labute approximate surface area is 115 Å². The predicted octanol–water partition coefficient (Wildman–Crippen LogP) is 1.30. The molecule has 1 unspecified atom stereocenters. The molecule has 1 saturated heterocycles. The number of hydrogen-bond donors (Lipinski definition) is 2. The van der Waals surface area contributed by atoms with Gasteiger partial charge >= 0.3 is 0 Å². The predicted molar refractivity (Wildman–Crippen MR) is 74.3 cm³/mol. The van der Waals surface area contributed by atoms with Crippen LogP contribution < -0.4 is 10.6 Å². The fourth-order valence-corrected chi connectivity index (χ4v) is 3.05. The second-order valence-electron chi connectivity index (χ2n) is 3.60. The van der Waals surface area contributed by atoms with Crippen LogP contribution in [-0.4, -0.2) is 40.2 Å². The number of carbonyl (C=O) groups excluding carboxylic acids is 1. The van der Waals surface area contributed by atoms with E-state index < -0.39 is 0 Å². The minimum atomic E-state index is 0. The molecule has 17 heavy (non-hydrogen) atoms. The summed E-state index contributed by atoms with van der Waals surface area (Å²) < 4.78 is 0. The molecule has 8 heteroatoms. The number of carbonyl (C=O) groups is 1. The van der Waals surface area contributed by atoms with Gasteiger partial charge in [0.2, 0.25) is 11.0 Å². The number of anilines is 1. The third kappa shape index (κ3) is 4.79. The molecule has 0 spiro atoms. The quantitative estimate of drug-likeness (QED) is 0.880. The summed E-state index contributed by atoms with van der Waals surface area (Å²) in [6, 6.07) is 0.285. The van der Waals surface area contributed by atoms with Crippen molar-refractivity contribution in [3.8, 4) is 0 Å². The first-order valence-corrected chi connectivity index (χ1v) is 7.12. The minimum Gasteiger partial charge on any atom is -0.312 e. The summed E-state index contributed by atoms with van der Waals surface area (Å²) in [5, 5.41) is 15.3. The van der Waals surface area contributed by atoms with Gasteiger partial charge in [-0.1, -0.05) is 11.3 Å². The van der Waals surface area contributed by atoms with Crippen LogP contribution in [0.1, 0.15) is 11.4 Å². The van der Waals surface area contributed by atoms with E-state index >= 15 is 0 Å². The molecule has 2 rings (SSSR count). The first kappa shape index (κ1) is 14.7. The summed E-state index contributed by atoms with van der Waals surface area (Å²) in [4.78, 5) is 11.7. The number of thioether (sulfide) groups is 1. The number of hydrogen-bond acceptors (Lipinski definition) is 6. The Morgan fingerprint density at radius 1 is 1.59 bits per heavy atom. The van der Waals surface area contributed by atoms with E-state index in [1.165, 1.54) is 11.3 Å². The molecule has 0 aliphatic carbocycles. The Kier molecular flexibility index (Phi) is 6.18. The number of aryl methyl sites for hydroxylation is 1. The summed E-state index contributed by atoms with van der Waals surface area (Å²) >= 11 is 3.29. The van der Waals surface area contributed by atoms with Crippen molar-refractivity contribution in [2.45, 2.75) is 19.4 Å². The highest BCUT2D eigenvalue weighted by atomic mass is 35.5. The number of rotatable bonds is 3. The lowest BCUT2D eigenvalue weighted by Crippen LogP contribution is -2.39. The van der Waals surface area contributed by atoms with Crippen molar-refractivity contribution >= 4 is 46.5 Å². The fraction of sp³-hybridized carbons (Fsp3) is 0.667. The Morgan fingerprint density at radius 2 is 2.41 bits per heavy atom. The van der Waals surface area contributed by atoms with Crippen LogP contribution in [0.3, 0.4) is 0 Å². The van der Waals surface area contributed by atoms with Crippen molar-refractivity contribution in [1.29, 1.82) is 0 Å². The van der Waals surface area contributed by atoms with Crippen molar-refractivity contribution in [3.63, 3.8) is 0 Å². The molecule has 0 aromatic carbocycles. The molecule has 1 fully saturated rings. The Bertz CT molecular complexity index is 368. The van der Waals surface area contributed by atoms with E-state index in [1.807, 2.05) is 18.7 Å². The number of aromatic nitrogens is 2. The number of amides is 1. The summed E-state index contributed by atoms with van der Waals surface area (Å²) in [6.45, 7) is 2.85. The first-order chi connectivity index (χ1) is 7.74. The SMILES string of the molecule is Cc1nnc(NC(=O)CC2CSCCN2)s1.Cl. The Morgan fingerprint density at radius 3 is 3.00 bits per heavy atom. The maximum absolute atomic E-state index is 11.7. The molecule has 1 aliphatic heterocycles. The van der Waals surface area contributed by atoms with E-state index in [4.69, 9.17) is 0 Å². The molecule has 0 saturated carbocycles. The second kappa shape index (κ2) is 7.15. The van der Waals surface area contributed by atoms with Crippen LogP contribution in [-0.2, 0) is 4.79 Å². The van der Waals surface area contributed by atoms with Crippen LogP contribution in [0.5, 0.6) is 0 Å². The lowest BCUT2D eigenvalue weighted by Gasteiger charge is -2.22. The number of halogens is 1. The molecular formula is C9H15ClN4OS2. The zero-order chi connectivity index (χ0) is 11.4. The first-order valence-electron chi connectivity index (χ1n) is 5.15. The van der Waals surface area contributed by atoms with Gasteiger partial charge in [0.25, 0.3) is 0 Å². The lowest BCUT2D eigenvalue weighted by atomic mass is 10.2. The smallest absolute Gasteiger partial charge is 0.227 e. The van der Waals surface area contributed by atoms with Gasteiger partial charge in [0.05, 0.1) is 0 Å². The maximum Gasteiger partial charge on any atom is 0.227 e. The largest absolute Gasteiger partial charge is 0.312 e. The van der Waals surface area contributed by atoms with E-state index in [0.717, 1.165) is 23.1 Å². The van der Waals surface area contributed by atoms with Crippen LogP contribution in [0, 0.1) is 6.92 Å². The molecule has 2 heterocycles. The molecule has 0 bridgehead atoms. The highest BCUT2D eigenvalue weighted by Gasteiger charge is 2.17. The van der Waals surface area contributed by atoms with Crippen LogP contribution in [0.25, 0.3) is 0 Å². The molecule has 0 radical (unpaired) electrons. The molecule has 96 valence electrons. The van der Waals surface area contributed by atoms with Crippen molar-refractivity contribution in [3.05, 3.63) is 5.01 Å². The Hall–Kier alpha value is -0.370. The van der Waals surface area contributed by atoms with Crippen molar-refractivity contribution in [2.24, 2.45) is 0 Å². The van der Waals surface area contributed by atoms with E-state index in [1.54, 1.807) is 0 Å². The van der Waals surface area contributed by atoms with Crippen LogP contribution in [0.15, 0.2) is 0 Å². The monoisotopic (exact) mass is 294 g/mol. The zero-order valence-electron chi connectivity index (χ0n) is 9.43. The van der Waals surface area contributed by atoms with Crippen molar-refractivity contribution in [2.75, 3.05) is 23.4 Å². The lowest BCUT2D eigenvalue weighted by molar-refractivity contribution is -0.116. The standard InChI is InChI=1S/C9H14N4OS2.ClH/c1-6-12-13-9(16-6)11-8(14)4-7-5-15-3-2-10-7;/h7,10H,2-5H2,1H3,(H,11,13,14);1H. The van der Waals surface area contributed by atoms with Gasteiger partial charge in [-0.25, -0.2) is 0 Å². The van der Waals surface area contributed by atoms with Gasteiger partial charge in [-0.3, -0.25) is 4.79 Å². The molecule has 1 amide bonds. The van der Waals surface area contributed by atoms with Crippen LogP contribution in [0.4, 0.5) is 5.13 Å². The number of nitrogens with zero attached hydrogens (tertiary/aromatic N) is 2. The molecule has 5 nitrogen and oxygen atoms in total. The van der Waals surface area contributed by atoms with Crippen LogP contribution >= 0.6 is 35.5 Å². The van der Waals surface area contributed by atoms with E-state index in [0.29, 0.717) is 11.6 Å². The van der Waals surface area contributed by atoms with Gasteiger partial charge < -0.3 is 10.6 Å². The van der Waals surface area contributed by atoms with E-state index in [2.05, 4.69) is 20.8 Å². The van der Waals surface area contributed by atoms with Gasteiger partial charge in [0.1, 0.15) is 5.01 Å². The molecule has 1 aromatic heterocycles. The Balaban J connectivity index is 0.00000144. The van der Waals surface area contributed by atoms with Crippen molar-refractivity contribution in [1.82, 2.24) is 15.5 Å². The molecule has 1 aliphatic rings. The molecule has 1 atom stereocenters. The third-order valence-corrected chi connectivity index (χ3v) is 4.09. The third-order valence-electron chi connectivity index (χ3n) is 2.20. The zero-order valence-corrected chi connectivity index (χ0v) is 11.9. The normalized spacial score (nSPS) is 19.5. The fourth-order valence-electron chi connectivity index (χ4n) is 1.49. The average Bonchev–Trinajstić information content (AvgIpc) is 2.65. The topological polar surface area (TPSA) is 66.9 Å². The summed E-state index contributed by atoms with van der Waals surface area (Å²) in [5.74, 6) is 2.15.